The molecule has 0 amide bonds. The van der Waals surface area contributed by atoms with Crippen LogP contribution < -0.4 is 0 Å². The third-order valence-corrected chi connectivity index (χ3v) is 4.61. The molecule has 3 atom stereocenters. The third kappa shape index (κ3) is 2.46. The first-order chi connectivity index (χ1) is 7.99. The van der Waals surface area contributed by atoms with Gasteiger partial charge in [-0.1, -0.05) is 45.0 Å². The first kappa shape index (κ1) is 12.4. The Morgan fingerprint density at radius 3 is 2.29 bits per heavy atom. The maximum Gasteiger partial charge on any atom is -0.0225 e. The molecule has 0 aromatic heterocycles. The van der Waals surface area contributed by atoms with E-state index in [0.717, 1.165) is 11.8 Å². The van der Waals surface area contributed by atoms with E-state index in [1.165, 1.54) is 23.1 Å². The normalized spacial score (nSPS) is 29.0. The molecule has 0 heterocycles. The highest BCUT2D eigenvalue weighted by Crippen LogP contribution is 2.37. The Kier molecular flexibility index (Phi) is 3.42. The summed E-state index contributed by atoms with van der Waals surface area (Å²) >= 11 is 0. The molecule has 2 rings (SSSR count). The fraction of sp³-hybridized carbons (Fsp3) is 0.529. The SMILES string of the molecule is Cc1ccc(C2=CC(C)C(C)C(C)C2)cc1C. The lowest BCUT2D eigenvalue weighted by molar-refractivity contribution is 0.311. The first-order valence-corrected chi connectivity index (χ1v) is 6.77. The van der Waals surface area contributed by atoms with Crippen molar-refractivity contribution in [2.45, 2.75) is 41.0 Å². The van der Waals surface area contributed by atoms with E-state index in [2.05, 4.69) is 58.9 Å². The zero-order chi connectivity index (χ0) is 12.6. The van der Waals surface area contributed by atoms with Gasteiger partial charge in [0.15, 0.2) is 0 Å². The molecule has 0 aliphatic heterocycles. The van der Waals surface area contributed by atoms with Gasteiger partial charge < -0.3 is 0 Å². The molecule has 0 saturated carbocycles. The van der Waals surface area contributed by atoms with Gasteiger partial charge in [-0.05, 0) is 60.3 Å². The van der Waals surface area contributed by atoms with E-state index >= 15 is 0 Å². The Balaban J connectivity index is 2.34. The molecule has 17 heavy (non-hydrogen) atoms. The molecule has 0 radical (unpaired) electrons. The minimum Gasteiger partial charge on any atom is -0.0776 e. The summed E-state index contributed by atoms with van der Waals surface area (Å²) in [5.41, 5.74) is 5.77. The Labute approximate surface area is 106 Å². The standard InChI is InChI=1S/C17H24/c1-11-6-7-16(8-12(11)2)17-9-13(3)15(5)14(4)10-17/h6-9,13-15H,10H2,1-5H3. The Morgan fingerprint density at radius 2 is 1.71 bits per heavy atom. The number of hydrogen-bond acceptors (Lipinski definition) is 0. The molecular weight excluding hydrogens is 204 g/mol. The van der Waals surface area contributed by atoms with Crippen LogP contribution in [0.5, 0.6) is 0 Å². The second kappa shape index (κ2) is 4.68. The molecule has 3 unspecified atom stereocenters. The molecule has 0 saturated heterocycles. The molecule has 0 fully saturated rings. The zero-order valence-electron chi connectivity index (χ0n) is 11.7. The summed E-state index contributed by atoms with van der Waals surface area (Å²) in [5, 5.41) is 0. The highest BCUT2D eigenvalue weighted by Gasteiger charge is 2.24. The van der Waals surface area contributed by atoms with Crippen molar-refractivity contribution < 1.29 is 0 Å². The quantitative estimate of drug-likeness (QED) is 0.634. The van der Waals surface area contributed by atoms with Gasteiger partial charge in [-0.15, -0.1) is 0 Å². The molecule has 92 valence electrons. The van der Waals surface area contributed by atoms with Crippen LogP contribution in [-0.4, -0.2) is 0 Å². The summed E-state index contributed by atoms with van der Waals surface area (Å²) in [4.78, 5) is 0. The van der Waals surface area contributed by atoms with Crippen molar-refractivity contribution in [2.75, 3.05) is 0 Å². The largest absolute Gasteiger partial charge is 0.0776 e. The van der Waals surface area contributed by atoms with Crippen molar-refractivity contribution in [1.29, 1.82) is 0 Å². The molecule has 1 aliphatic rings. The van der Waals surface area contributed by atoms with Crippen LogP contribution >= 0.6 is 0 Å². The average Bonchev–Trinajstić information content (AvgIpc) is 2.29. The summed E-state index contributed by atoms with van der Waals surface area (Å²) in [6, 6.07) is 6.87. The van der Waals surface area contributed by atoms with Gasteiger partial charge in [0.25, 0.3) is 0 Å². The van der Waals surface area contributed by atoms with E-state index in [9.17, 15) is 0 Å². The highest BCUT2D eigenvalue weighted by atomic mass is 14.3. The van der Waals surface area contributed by atoms with Crippen molar-refractivity contribution in [1.82, 2.24) is 0 Å². The zero-order valence-corrected chi connectivity index (χ0v) is 11.7. The van der Waals surface area contributed by atoms with Gasteiger partial charge in [0.1, 0.15) is 0 Å². The summed E-state index contributed by atoms with van der Waals surface area (Å²) in [5.74, 6) is 2.31. The van der Waals surface area contributed by atoms with Gasteiger partial charge in [-0.3, -0.25) is 0 Å². The molecule has 1 aliphatic carbocycles. The molecule has 1 aromatic rings. The minimum atomic E-state index is 0.704. The number of benzene rings is 1. The van der Waals surface area contributed by atoms with Crippen LogP contribution in [0.4, 0.5) is 0 Å². The molecular formula is C17H24. The van der Waals surface area contributed by atoms with E-state index in [1.807, 2.05) is 0 Å². The fourth-order valence-corrected chi connectivity index (χ4v) is 2.74. The van der Waals surface area contributed by atoms with Crippen LogP contribution in [0.3, 0.4) is 0 Å². The summed E-state index contributed by atoms with van der Waals surface area (Å²) < 4.78 is 0. The van der Waals surface area contributed by atoms with Crippen molar-refractivity contribution >= 4 is 5.57 Å². The lowest BCUT2D eigenvalue weighted by atomic mass is 9.74. The molecule has 0 spiro atoms. The van der Waals surface area contributed by atoms with Crippen molar-refractivity contribution in [3.05, 3.63) is 41.0 Å². The Hall–Kier alpha value is -1.04. The minimum absolute atomic E-state index is 0.704. The van der Waals surface area contributed by atoms with Crippen LogP contribution in [0.2, 0.25) is 0 Å². The van der Waals surface area contributed by atoms with Gasteiger partial charge in [0, 0.05) is 0 Å². The second-order valence-corrected chi connectivity index (χ2v) is 5.89. The number of rotatable bonds is 1. The third-order valence-electron chi connectivity index (χ3n) is 4.61. The van der Waals surface area contributed by atoms with Crippen LogP contribution in [0.25, 0.3) is 5.57 Å². The summed E-state index contributed by atoms with van der Waals surface area (Å²) in [7, 11) is 0. The second-order valence-electron chi connectivity index (χ2n) is 5.89. The van der Waals surface area contributed by atoms with E-state index < -0.39 is 0 Å². The topological polar surface area (TPSA) is 0 Å². The molecule has 0 bridgehead atoms. The van der Waals surface area contributed by atoms with Gasteiger partial charge in [-0.25, -0.2) is 0 Å². The Morgan fingerprint density at radius 1 is 1.00 bits per heavy atom. The van der Waals surface area contributed by atoms with E-state index in [4.69, 9.17) is 0 Å². The highest BCUT2D eigenvalue weighted by molar-refractivity contribution is 5.67. The number of hydrogen-bond donors (Lipinski definition) is 0. The van der Waals surface area contributed by atoms with Gasteiger partial charge in [-0.2, -0.15) is 0 Å². The maximum absolute atomic E-state index is 2.48. The molecule has 0 nitrogen and oxygen atoms in total. The summed E-state index contributed by atoms with van der Waals surface area (Å²) in [6.07, 6.45) is 3.71. The predicted molar refractivity (Wildman–Crippen MR) is 76.0 cm³/mol. The van der Waals surface area contributed by atoms with Crippen LogP contribution in [0.1, 0.15) is 43.9 Å². The smallest absolute Gasteiger partial charge is 0.0225 e. The van der Waals surface area contributed by atoms with Crippen molar-refractivity contribution in [3.63, 3.8) is 0 Å². The number of allylic oxidation sites excluding steroid dienone is 2. The van der Waals surface area contributed by atoms with E-state index in [-0.39, 0.29) is 0 Å². The van der Waals surface area contributed by atoms with Crippen molar-refractivity contribution in [2.24, 2.45) is 17.8 Å². The van der Waals surface area contributed by atoms with Gasteiger partial charge >= 0.3 is 0 Å². The molecule has 1 aromatic carbocycles. The monoisotopic (exact) mass is 228 g/mol. The van der Waals surface area contributed by atoms with Gasteiger partial charge in [0.2, 0.25) is 0 Å². The molecule has 0 N–H and O–H groups in total. The first-order valence-electron chi connectivity index (χ1n) is 6.77. The van der Waals surface area contributed by atoms with Crippen LogP contribution in [0, 0.1) is 31.6 Å². The van der Waals surface area contributed by atoms with Gasteiger partial charge in [0.05, 0.1) is 0 Å². The van der Waals surface area contributed by atoms with Crippen molar-refractivity contribution in [3.8, 4) is 0 Å². The molecule has 0 heteroatoms. The van der Waals surface area contributed by atoms with E-state index in [1.54, 1.807) is 5.57 Å². The Bertz CT molecular complexity index is 439. The van der Waals surface area contributed by atoms with E-state index in [0.29, 0.717) is 5.92 Å². The number of aryl methyl sites for hydroxylation is 2. The summed E-state index contributed by atoms with van der Waals surface area (Å²) in [6.45, 7) is 11.5. The predicted octanol–water partition coefficient (Wildman–Crippen LogP) is 5.00. The fourth-order valence-electron chi connectivity index (χ4n) is 2.74. The van der Waals surface area contributed by atoms with Crippen LogP contribution in [0.15, 0.2) is 24.3 Å². The lowest BCUT2D eigenvalue weighted by Crippen LogP contribution is -2.20. The van der Waals surface area contributed by atoms with Crippen LogP contribution in [-0.2, 0) is 0 Å². The lowest BCUT2D eigenvalue weighted by Gasteiger charge is -2.31. The maximum atomic E-state index is 2.48. The average molecular weight is 228 g/mol.